The molecule has 1 fully saturated rings. The second-order valence-electron chi connectivity index (χ2n) is 7.00. The second kappa shape index (κ2) is 7.79. The van der Waals surface area contributed by atoms with Crippen molar-refractivity contribution in [3.8, 4) is 5.75 Å². The molecule has 1 aliphatic rings. The molecule has 7 nitrogen and oxygen atoms in total. The number of aryl methyl sites for hydroxylation is 1. The van der Waals surface area contributed by atoms with E-state index in [-0.39, 0.29) is 11.7 Å². The van der Waals surface area contributed by atoms with Crippen molar-refractivity contribution in [2.24, 2.45) is 0 Å². The second-order valence-corrected chi connectivity index (χ2v) is 9.01. The van der Waals surface area contributed by atoms with Crippen molar-refractivity contribution in [3.63, 3.8) is 0 Å². The first kappa shape index (κ1) is 20.1. The van der Waals surface area contributed by atoms with E-state index in [0.29, 0.717) is 30.8 Å². The van der Waals surface area contributed by atoms with Crippen LogP contribution in [0.1, 0.15) is 33.6 Å². The van der Waals surface area contributed by atoms with Crippen LogP contribution in [-0.4, -0.2) is 50.7 Å². The summed E-state index contributed by atoms with van der Waals surface area (Å²) < 4.78 is 31.1. The molecule has 3 rings (SSSR count). The summed E-state index contributed by atoms with van der Waals surface area (Å²) in [6, 6.07) is 6.76. The van der Waals surface area contributed by atoms with Gasteiger partial charge in [-0.05, 0) is 38.5 Å². The van der Waals surface area contributed by atoms with Crippen LogP contribution in [0.2, 0.25) is 0 Å². The van der Waals surface area contributed by atoms with Crippen molar-refractivity contribution in [1.29, 1.82) is 0 Å². The summed E-state index contributed by atoms with van der Waals surface area (Å²) in [5.74, 6) is 0.719. The van der Waals surface area contributed by atoms with Crippen LogP contribution in [0.3, 0.4) is 0 Å². The zero-order valence-corrected chi connectivity index (χ0v) is 17.4. The SMILES string of the molecule is COc1c(C)cnc(CN(C)C(=O)c2cccc(N3CCCS3(=O)=O)c2)c1C. The number of amides is 1. The molecule has 1 aromatic heterocycles. The molecule has 2 aromatic rings. The van der Waals surface area contributed by atoms with E-state index < -0.39 is 10.0 Å². The zero-order chi connectivity index (χ0) is 20.5. The molecule has 0 spiro atoms. The van der Waals surface area contributed by atoms with Crippen LogP contribution in [0.25, 0.3) is 0 Å². The lowest BCUT2D eigenvalue weighted by atomic mass is 10.1. The molecule has 0 radical (unpaired) electrons. The Morgan fingerprint density at radius 3 is 2.71 bits per heavy atom. The van der Waals surface area contributed by atoms with Crippen LogP contribution < -0.4 is 9.04 Å². The lowest BCUT2D eigenvalue weighted by molar-refractivity contribution is 0.0783. The topological polar surface area (TPSA) is 79.8 Å². The molecule has 0 bridgehead atoms. The van der Waals surface area contributed by atoms with Crippen LogP contribution in [-0.2, 0) is 16.6 Å². The van der Waals surface area contributed by atoms with Crippen LogP contribution in [0.5, 0.6) is 5.75 Å². The van der Waals surface area contributed by atoms with Gasteiger partial charge in [0.15, 0.2) is 0 Å². The molecule has 28 heavy (non-hydrogen) atoms. The maximum Gasteiger partial charge on any atom is 0.254 e. The fourth-order valence-corrected chi connectivity index (χ4v) is 5.03. The van der Waals surface area contributed by atoms with Crippen LogP contribution in [0.4, 0.5) is 5.69 Å². The summed E-state index contributed by atoms with van der Waals surface area (Å²) in [5, 5.41) is 0. The number of aromatic nitrogens is 1. The molecule has 0 saturated carbocycles. The first-order valence-electron chi connectivity index (χ1n) is 9.09. The fourth-order valence-electron chi connectivity index (χ4n) is 3.47. The van der Waals surface area contributed by atoms with Crippen molar-refractivity contribution < 1.29 is 17.9 Å². The Labute approximate surface area is 166 Å². The monoisotopic (exact) mass is 403 g/mol. The number of carbonyl (C=O) groups excluding carboxylic acids is 1. The summed E-state index contributed by atoms with van der Waals surface area (Å²) in [4.78, 5) is 18.9. The molecule has 150 valence electrons. The fraction of sp³-hybridized carbons (Fsp3) is 0.400. The average molecular weight is 404 g/mol. The Bertz CT molecular complexity index is 1000. The molecule has 1 aromatic carbocycles. The van der Waals surface area contributed by atoms with Gasteiger partial charge in [0.25, 0.3) is 5.91 Å². The molecule has 1 saturated heterocycles. The Balaban J connectivity index is 1.82. The van der Waals surface area contributed by atoms with Gasteiger partial charge in [-0.25, -0.2) is 8.42 Å². The molecular weight excluding hydrogens is 378 g/mol. The van der Waals surface area contributed by atoms with E-state index in [1.807, 2.05) is 13.8 Å². The molecule has 0 atom stereocenters. The van der Waals surface area contributed by atoms with Crippen LogP contribution in [0.15, 0.2) is 30.5 Å². The standard InChI is InChI=1S/C20H25N3O4S/c1-14-12-21-18(15(2)19(14)27-4)13-22(3)20(24)16-7-5-8-17(11-16)23-9-6-10-28(23,25)26/h5,7-8,11-12H,6,9-10,13H2,1-4H3. The van der Waals surface area contributed by atoms with E-state index in [4.69, 9.17) is 4.74 Å². The minimum absolute atomic E-state index is 0.144. The summed E-state index contributed by atoms with van der Waals surface area (Å²) in [6.45, 7) is 4.62. The van der Waals surface area contributed by atoms with E-state index >= 15 is 0 Å². The van der Waals surface area contributed by atoms with Crippen molar-refractivity contribution in [3.05, 3.63) is 52.8 Å². The Hall–Kier alpha value is -2.61. The molecule has 0 N–H and O–H groups in total. The van der Waals surface area contributed by atoms with Gasteiger partial charge in [-0.2, -0.15) is 0 Å². The van der Waals surface area contributed by atoms with Gasteiger partial charge in [0.05, 0.1) is 30.8 Å². The quantitative estimate of drug-likeness (QED) is 0.766. The van der Waals surface area contributed by atoms with Crippen molar-refractivity contribution in [1.82, 2.24) is 9.88 Å². The van der Waals surface area contributed by atoms with Gasteiger partial charge in [-0.1, -0.05) is 6.07 Å². The minimum Gasteiger partial charge on any atom is -0.496 e. The smallest absolute Gasteiger partial charge is 0.254 e. The number of hydrogen-bond acceptors (Lipinski definition) is 5. The van der Waals surface area contributed by atoms with Crippen molar-refractivity contribution >= 4 is 21.6 Å². The lowest BCUT2D eigenvalue weighted by Crippen LogP contribution is -2.28. The largest absolute Gasteiger partial charge is 0.496 e. The molecular formula is C20H25N3O4S. The van der Waals surface area contributed by atoms with Crippen LogP contribution in [0, 0.1) is 13.8 Å². The van der Waals surface area contributed by atoms with Crippen molar-refractivity contribution in [2.45, 2.75) is 26.8 Å². The number of sulfonamides is 1. The molecule has 1 amide bonds. The first-order chi connectivity index (χ1) is 13.2. The van der Waals surface area contributed by atoms with Gasteiger partial charge in [0, 0.05) is 36.5 Å². The predicted molar refractivity (Wildman–Crippen MR) is 108 cm³/mol. The molecule has 1 aliphatic heterocycles. The number of pyridine rings is 1. The number of benzene rings is 1. The number of ether oxygens (including phenoxy) is 1. The Morgan fingerprint density at radius 2 is 2.07 bits per heavy atom. The van der Waals surface area contributed by atoms with E-state index in [1.54, 1.807) is 49.5 Å². The average Bonchev–Trinajstić information content (AvgIpc) is 3.03. The summed E-state index contributed by atoms with van der Waals surface area (Å²) in [5.41, 5.74) is 3.58. The van der Waals surface area contributed by atoms with Crippen LogP contribution >= 0.6 is 0 Å². The first-order valence-corrected chi connectivity index (χ1v) is 10.7. The third-order valence-corrected chi connectivity index (χ3v) is 6.83. The Kier molecular flexibility index (Phi) is 5.60. The number of nitrogens with zero attached hydrogens (tertiary/aromatic N) is 3. The number of carbonyl (C=O) groups is 1. The van der Waals surface area contributed by atoms with Crippen molar-refractivity contribution in [2.75, 3.05) is 30.8 Å². The number of hydrogen-bond donors (Lipinski definition) is 0. The maximum absolute atomic E-state index is 12.9. The highest BCUT2D eigenvalue weighted by molar-refractivity contribution is 7.93. The summed E-state index contributed by atoms with van der Waals surface area (Å²) in [6.07, 6.45) is 2.33. The zero-order valence-electron chi connectivity index (χ0n) is 16.6. The summed E-state index contributed by atoms with van der Waals surface area (Å²) in [7, 11) is 0.0361. The Morgan fingerprint density at radius 1 is 1.32 bits per heavy atom. The normalized spacial score (nSPS) is 15.5. The van der Waals surface area contributed by atoms with Gasteiger partial charge >= 0.3 is 0 Å². The third-order valence-electron chi connectivity index (χ3n) is 4.96. The third kappa shape index (κ3) is 3.82. The number of anilines is 1. The molecule has 0 aliphatic carbocycles. The molecule has 2 heterocycles. The van der Waals surface area contributed by atoms with E-state index in [0.717, 1.165) is 22.6 Å². The number of methoxy groups -OCH3 is 1. The van der Waals surface area contributed by atoms with E-state index in [1.165, 1.54) is 4.31 Å². The highest BCUT2D eigenvalue weighted by Crippen LogP contribution is 2.27. The van der Waals surface area contributed by atoms with Gasteiger partial charge in [0.2, 0.25) is 10.0 Å². The highest BCUT2D eigenvalue weighted by Gasteiger charge is 2.29. The molecule has 8 heteroatoms. The van der Waals surface area contributed by atoms with Gasteiger partial charge in [0.1, 0.15) is 5.75 Å². The van der Waals surface area contributed by atoms with E-state index in [9.17, 15) is 13.2 Å². The lowest BCUT2D eigenvalue weighted by Gasteiger charge is -2.21. The van der Waals surface area contributed by atoms with E-state index in [2.05, 4.69) is 4.98 Å². The molecule has 0 unspecified atom stereocenters. The summed E-state index contributed by atoms with van der Waals surface area (Å²) >= 11 is 0. The minimum atomic E-state index is -3.28. The number of rotatable bonds is 5. The highest BCUT2D eigenvalue weighted by atomic mass is 32.2. The van der Waals surface area contributed by atoms with Gasteiger partial charge < -0.3 is 9.64 Å². The van der Waals surface area contributed by atoms with Gasteiger partial charge in [-0.15, -0.1) is 0 Å². The maximum atomic E-state index is 12.9. The predicted octanol–water partition coefficient (Wildman–Crippen LogP) is 2.52. The van der Waals surface area contributed by atoms with Gasteiger partial charge in [-0.3, -0.25) is 14.1 Å².